The lowest BCUT2D eigenvalue weighted by Gasteiger charge is -2.22. The Bertz CT molecular complexity index is 902. The number of likely N-dealkylation sites (tertiary alicyclic amines) is 1. The average Bonchev–Trinajstić information content (AvgIpc) is 3.05. The van der Waals surface area contributed by atoms with Gasteiger partial charge in [0.2, 0.25) is 0 Å². The minimum atomic E-state index is -3.51. The molecule has 2 aromatic carbocycles. The van der Waals surface area contributed by atoms with Gasteiger partial charge in [0, 0.05) is 18.7 Å². The molecule has 0 aliphatic carbocycles. The molecule has 1 atom stereocenters. The van der Waals surface area contributed by atoms with Crippen molar-refractivity contribution in [3.8, 4) is 0 Å². The maximum absolute atomic E-state index is 12.8. The Morgan fingerprint density at radius 3 is 2.48 bits per heavy atom. The highest BCUT2D eigenvalue weighted by Gasteiger charge is 2.35. The van der Waals surface area contributed by atoms with Crippen molar-refractivity contribution in [3.05, 3.63) is 65.7 Å². The summed E-state index contributed by atoms with van der Waals surface area (Å²) in [5.74, 6) is -0.223. The molecule has 1 fully saturated rings. The van der Waals surface area contributed by atoms with Crippen molar-refractivity contribution in [1.82, 2.24) is 4.90 Å². The van der Waals surface area contributed by atoms with Crippen molar-refractivity contribution in [3.63, 3.8) is 0 Å². The van der Waals surface area contributed by atoms with E-state index in [1.165, 1.54) is 6.07 Å². The molecule has 3 rings (SSSR count). The maximum Gasteiger partial charge on any atom is 0.253 e. The van der Waals surface area contributed by atoms with Gasteiger partial charge in [0.15, 0.2) is 9.84 Å². The topological polar surface area (TPSA) is 80.5 Å². The minimum Gasteiger partial charge on any atom is -0.338 e. The molecule has 0 aromatic heterocycles. The fourth-order valence-electron chi connectivity index (χ4n) is 3.25. The Kier molecular flexibility index (Phi) is 6.68. The van der Waals surface area contributed by atoms with Gasteiger partial charge in [-0.3, -0.25) is 4.79 Å². The first-order valence-electron chi connectivity index (χ1n) is 8.69. The molecule has 146 valence electrons. The molecule has 0 spiro atoms. The highest BCUT2D eigenvalue weighted by atomic mass is 35.5. The van der Waals surface area contributed by atoms with Gasteiger partial charge in [-0.1, -0.05) is 43.3 Å². The van der Waals surface area contributed by atoms with Crippen LogP contribution in [0.25, 0.3) is 0 Å². The zero-order valence-corrected chi connectivity index (χ0v) is 16.9. The van der Waals surface area contributed by atoms with Gasteiger partial charge in [0.25, 0.3) is 5.91 Å². The summed E-state index contributed by atoms with van der Waals surface area (Å²) in [6.07, 6.45) is 0.862. The molecule has 0 radical (unpaired) electrons. The Morgan fingerprint density at radius 2 is 1.85 bits per heavy atom. The molecule has 1 amide bonds. The lowest BCUT2D eigenvalue weighted by atomic mass is 9.90. The summed E-state index contributed by atoms with van der Waals surface area (Å²) in [5, 5.41) is 0. The van der Waals surface area contributed by atoms with Crippen molar-refractivity contribution in [1.29, 1.82) is 0 Å². The fraction of sp³-hybridized carbons (Fsp3) is 0.350. The molecule has 1 saturated heterocycles. The third-order valence-electron chi connectivity index (χ3n) is 4.98. The molecule has 2 N–H and O–H groups in total. The molecule has 27 heavy (non-hydrogen) atoms. The van der Waals surface area contributed by atoms with E-state index >= 15 is 0 Å². The van der Waals surface area contributed by atoms with Gasteiger partial charge in [-0.2, -0.15) is 0 Å². The Balaban J connectivity index is 0.00000261. The fourth-order valence-corrected chi connectivity index (χ4v) is 4.64. The number of hydrogen-bond acceptors (Lipinski definition) is 4. The molecule has 1 aliphatic heterocycles. The van der Waals surface area contributed by atoms with E-state index in [-0.39, 0.29) is 34.4 Å². The normalized spacial score (nSPS) is 19.6. The predicted octanol–water partition coefficient (Wildman–Crippen LogP) is 2.89. The number of benzene rings is 2. The number of hydrogen-bond donors (Lipinski definition) is 1. The van der Waals surface area contributed by atoms with Crippen LogP contribution in [0.4, 0.5) is 0 Å². The van der Waals surface area contributed by atoms with Gasteiger partial charge in [0.1, 0.15) is 0 Å². The van der Waals surface area contributed by atoms with Gasteiger partial charge in [-0.05, 0) is 42.1 Å². The summed E-state index contributed by atoms with van der Waals surface area (Å²) in [4.78, 5) is 14.7. The third-order valence-corrected chi connectivity index (χ3v) is 6.66. The number of sulfone groups is 1. The monoisotopic (exact) mass is 408 g/mol. The quantitative estimate of drug-likeness (QED) is 0.824. The second-order valence-electron chi connectivity index (χ2n) is 7.26. The van der Waals surface area contributed by atoms with Gasteiger partial charge < -0.3 is 10.6 Å². The van der Waals surface area contributed by atoms with Crippen LogP contribution in [0.15, 0.2) is 59.5 Å². The van der Waals surface area contributed by atoms with E-state index in [9.17, 15) is 13.2 Å². The van der Waals surface area contributed by atoms with Gasteiger partial charge in [-0.15, -0.1) is 12.4 Å². The van der Waals surface area contributed by atoms with E-state index in [0.717, 1.165) is 12.0 Å². The van der Waals surface area contributed by atoms with Crippen LogP contribution in [-0.4, -0.2) is 38.9 Å². The highest BCUT2D eigenvalue weighted by Crippen LogP contribution is 2.30. The smallest absolute Gasteiger partial charge is 0.253 e. The number of halogens is 1. The van der Waals surface area contributed by atoms with E-state index in [1.54, 1.807) is 35.2 Å². The Morgan fingerprint density at radius 1 is 1.15 bits per heavy atom. The molecule has 1 unspecified atom stereocenters. The van der Waals surface area contributed by atoms with Crippen LogP contribution in [-0.2, 0) is 15.6 Å². The molecule has 1 heterocycles. The lowest BCUT2D eigenvalue weighted by Crippen LogP contribution is -2.34. The summed E-state index contributed by atoms with van der Waals surface area (Å²) < 4.78 is 25.4. The van der Waals surface area contributed by atoms with Gasteiger partial charge in [0.05, 0.1) is 10.6 Å². The van der Waals surface area contributed by atoms with Crippen LogP contribution in [0.3, 0.4) is 0 Å². The van der Waals surface area contributed by atoms with Crippen molar-refractivity contribution < 1.29 is 13.2 Å². The molecular formula is C20H25ClN2O3S. The molecule has 5 nitrogen and oxygen atoms in total. The first kappa shape index (κ1) is 21.4. The highest BCUT2D eigenvalue weighted by molar-refractivity contribution is 7.90. The lowest BCUT2D eigenvalue weighted by molar-refractivity contribution is 0.0776. The van der Waals surface area contributed by atoms with Crippen LogP contribution < -0.4 is 5.73 Å². The SMILES string of the molecule is CC1(CN)CCN(C(=O)c2cccc(S(=O)(=O)Cc3ccccc3)c2)C1.Cl. The van der Waals surface area contributed by atoms with Crippen molar-refractivity contribution in [2.75, 3.05) is 19.6 Å². The zero-order chi connectivity index (χ0) is 18.8. The summed E-state index contributed by atoms with van der Waals surface area (Å²) in [6, 6.07) is 15.4. The molecule has 7 heteroatoms. The van der Waals surface area contributed by atoms with E-state index < -0.39 is 9.84 Å². The average molecular weight is 409 g/mol. The van der Waals surface area contributed by atoms with E-state index in [0.29, 0.717) is 25.2 Å². The summed E-state index contributed by atoms with van der Waals surface area (Å²) in [7, 11) is -3.51. The maximum atomic E-state index is 12.8. The van der Waals surface area contributed by atoms with Crippen LogP contribution in [0, 0.1) is 5.41 Å². The first-order valence-corrected chi connectivity index (χ1v) is 10.3. The van der Waals surface area contributed by atoms with Crippen molar-refractivity contribution in [2.24, 2.45) is 11.1 Å². The standard InChI is InChI=1S/C20H24N2O3S.ClH/c1-20(14-21)10-11-22(15-20)19(23)17-8-5-9-18(12-17)26(24,25)13-16-6-3-2-4-7-16;/h2-9,12H,10-11,13-15,21H2,1H3;1H. The number of rotatable bonds is 5. The molecular weight excluding hydrogens is 384 g/mol. The Labute approximate surface area is 166 Å². The summed E-state index contributed by atoms with van der Waals surface area (Å²) >= 11 is 0. The third kappa shape index (κ3) is 4.89. The number of carbonyl (C=O) groups is 1. The van der Waals surface area contributed by atoms with Crippen LogP contribution >= 0.6 is 12.4 Å². The molecule has 0 saturated carbocycles. The summed E-state index contributed by atoms with van der Waals surface area (Å²) in [5.41, 5.74) is 6.87. The molecule has 0 bridgehead atoms. The van der Waals surface area contributed by atoms with Gasteiger partial charge >= 0.3 is 0 Å². The van der Waals surface area contributed by atoms with Crippen LogP contribution in [0.1, 0.15) is 29.3 Å². The first-order chi connectivity index (χ1) is 12.3. The Hall–Kier alpha value is -1.89. The van der Waals surface area contributed by atoms with E-state index in [1.807, 2.05) is 18.2 Å². The van der Waals surface area contributed by atoms with Crippen molar-refractivity contribution in [2.45, 2.75) is 24.0 Å². The van der Waals surface area contributed by atoms with Crippen molar-refractivity contribution >= 4 is 28.2 Å². The number of amides is 1. The number of carbonyl (C=O) groups excluding carboxylic acids is 1. The summed E-state index contributed by atoms with van der Waals surface area (Å²) in [6.45, 7) is 3.85. The number of nitrogens with zero attached hydrogens (tertiary/aromatic N) is 1. The van der Waals surface area contributed by atoms with Crippen LogP contribution in [0.2, 0.25) is 0 Å². The van der Waals surface area contributed by atoms with Gasteiger partial charge in [-0.25, -0.2) is 8.42 Å². The number of nitrogens with two attached hydrogens (primary N) is 1. The second-order valence-corrected chi connectivity index (χ2v) is 9.25. The second kappa shape index (κ2) is 8.42. The predicted molar refractivity (Wildman–Crippen MR) is 109 cm³/mol. The van der Waals surface area contributed by atoms with E-state index in [2.05, 4.69) is 6.92 Å². The molecule has 1 aliphatic rings. The van der Waals surface area contributed by atoms with Crippen LogP contribution in [0.5, 0.6) is 0 Å². The minimum absolute atomic E-state index is 0. The van der Waals surface area contributed by atoms with E-state index in [4.69, 9.17) is 5.73 Å². The zero-order valence-electron chi connectivity index (χ0n) is 15.3. The largest absolute Gasteiger partial charge is 0.338 e. The molecule has 2 aromatic rings.